The maximum Gasteiger partial charge on any atom is 0.416 e. The molecule has 0 aliphatic heterocycles. The van der Waals surface area contributed by atoms with Crippen LogP contribution in [0, 0.1) is 0 Å². The number of benzene rings is 1. The Labute approximate surface area is 153 Å². The minimum Gasteiger partial charge on any atom is -0.382 e. The van der Waals surface area contributed by atoms with Crippen LogP contribution in [-0.2, 0) is 22.2 Å². The summed E-state index contributed by atoms with van der Waals surface area (Å²) >= 11 is 0. The van der Waals surface area contributed by atoms with Gasteiger partial charge in [-0.15, -0.1) is 0 Å². The third-order valence-electron chi connectivity index (χ3n) is 3.48. The molecule has 0 unspecified atom stereocenters. The average molecular weight is 375 g/mol. The van der Waals surface area contributed by atoms with Crippen molar-refractivity contribution in [3.05, 3.63) is 35.4 Å². The summed E-state index contributed by atoms with van der Waals surface area (Å²) < 4.78 is 48.0. The highest BCUT2D eigenvalue weighted by atomic mass is 19.4. The van der Waals surface area contributed by atoms with Gasteiger partial charge in [0, 0.05) is 26.8 Å². The predicted octanol–water partition coefficient (Wildman–Crippen LogP) is 3.20. The van der Waals surface area contributed by atoms with Crippen molar-refractivity contribution in [1.82, 2.24) is 10.6 Å². The van der Waals surface area contributed by atoms with E-state index in [0.29, 0.717) is 38.9 Å². The van der Waals surface area contributed by atoms with Crippen LogP contribution in [-0.4, -0.2) is 46.0 Å². The van der Waals surface area contributed by atoms with E-state index in [4.69, 9.17) is 9.47 Å². The lowest BCUT2D eigenvalue weighted by atomic mass is 10.1. The minimum absolute atomic E-state index is 0.313. The van der Waals surface area contributed by atoms with Crippen molar-refractivity contribution in [2.75, 3.05) is 40.0 Å². The van der Waals surface area contributed by atoms with Crippen LogP contribution < -0.4 is 10.6 Å². The fourth-order valence-corrected chi connectivity index (χ4v) is 2.09. The fourth-order valence-electron chi connectivity index (χ4n) is 2.09. The summed E-state index contributed by atoms with van der Waals surface area (Å²) in [7, 11) is 1.64. The molecule has 0 radical (unpaired) electrons. The van der Waals surface area contributed by atoms with Crippen molar-refractivity contribution in [2.45, 2.75) is 32.5 Å². The van der Waals surface area contributed by atoms with Crippen LogP contribution in [0.3, 0.4) is 0 Å². The molecule has 0 heterocycles. The van der Waals surface area contributed by atoms with Gasteiger partial charge in [0.1, 0.15) is 0 Å². The highest BCUT2D eigenvalue weighted by Gasteiger charge is 2.29. The Hall–Kier alpha value is -1.80. The van der Waals surface area contributed by atoms with Crippen LogP contribution in [0.15, 0.2) is 29.3 Å². The standard InChI is InChI=1S/C18H28F3N3O2/c1-3-22-17(23-10-4-5-11-26-13-12-25-2)24-14-15-6-8-16(9-7-15)18(19,20)21/h6-9H,3-5,10-14H2,1-2H3,(H2,22,23,24). The molecular weight excluding hydrogens is 347 g/mol. The molecule has 8 heteroatoms. The zero-order valence-electron chi connectivity index (χ0n) is 15.4. The second-order valence-electron chi connectivity index (χ2n) is 5.63. The zero-order chi connectivity index (χ0) is 19.3. The Morgan fingerprint density at radius 3 is 2.38 bits per heavy atom. The van der Waals surface area contributed by atoms with Gasteiger partial charge >= 0.3 is 6.18 Å². The molecular formula is C18H28F3N3O2. The third kappa shape index (κ3) is 9.62. The minimum atomic E-state index is -4.31. The molecule has 0 aliphatic rings. The van der Waals surface area contributed by atoms with Gasteiger partial charge in [0.05, 0.1) is 25.3 Å². The van der Waals surface area contributed by atoms with Gasteiger partial charge in [0.2, 0.25) is 0 Å². The van der Waals surface area contributed by atoms with Crippen molar-refractivity contribution in [3.63, 3.8) is 0 Å². The molecule has 0 aromatic heterocycles. The van der Waals surface area contributed by atoms with Crippen LogP contribution >= 0.6 is 0 Å². The number of methoxy groups -OCH3 is 1. The third-order valence-corrected chi connectivity index (χ3v) is 3.48. The average Bonchev–Trinajstić information content (AvgIpc) is 2.61. The second kappa shape index (κ2) is 12.5. The number of nitrogens with zero attached hydrogens (tertiary/aromatic N) is 1. The molecule has 0 aliphatic carbocycles. The van der Waals surface area contributed by atoms with Crippen molar-refractivity contribution < 1.29 is 22.6 Å². The van der Waals surface area contributed by atoms with E-state index in [1.807, 2.05) is 6.92 Å². The quantitative estimate of drug-likeness (QED) is 0.354. The monoisotopic (exact) mass is 375 g/mol. The van der Waals surface area contributed by atoms with E-state index in [1.165, 1.54) is 12.1 Å². The predicted molar refractivity (Wildman–Crippen MR) is 96.2 cm³/mol. The molecule has 1 aromatic carbocycles. The molecule has 0 fully saturated rings. The number of alkyl halides is 3. The van der Waals surface area contributed by atoms with E-state index in [2.05, 4.69) is 15.6 Å². The van der Waals surface area contributed by atoms with Crippen molar-refractivity contribution in [1.29, 1.82) is 0 Å². The molecule has 1 rings (SSSR count). The van der Waals surface area contributed by atoms with E-state index < -0.39 is 11.7 Å². The number of ether oxygens (including phenoxy) is 2. The molecule has 2 N–H and O–H groups in total. The van der Waals surface area contributed by atoms with Crippen LogP contribution in [0.25, 0.3) is 0 Å². The van der Waals surface area contributed by atoms with Crippen LogP contribution in [0.5, 0.6) is 0 Å². The Bertz CT molecular complexity index is 519. The van der Waals surface area contributed by atoms with Crippen LogP contribution in [0.4, 0.5) is 13.2 Å². The van der Waals surface area contributed by atoms with Gasteiger partial charge in [-0.3, -0.25) is 0 Å². The lowest BCUT2D eigenvalue weighted by molar-refractivity contribution is -0.137. The Kier molecular flexibility index (Phi) is 10.7. The normalized spacial score (nSPS) is 12.3. The molecule has 0 saturated heterocycles. The van der Waals surface area contributed by atoms with E-state index in [9.17, 15) is 13.2 Å². The van der Waals surface area contributed by atoms with Crippen molar-refractivity contribution in [3.8, 4) is 0 Å². The number of halogens is 3. The van der Waals surface area contributed by atoms with Gasteiger partial charge in [-0.1, -0.05) is 12.1 Å². The van der Waals surface area contributed by atoms with E-state index >= 15 is 0 Å². The highest BCUT2D eigenvalue weighted by molar-refractivity contribution is 5.79. The molecule has 0 amide bonds. The van der Waals surface area contributed by atoms with E-state index in [1.54, 1.807) is 7.11 Å². The Morgan fingerprint density at radius 2 is 1.77 bits per heavy atom. The first-order chi connectivity index (χ1) is 12.5. The summed E-state index contributed by atoms with van der Waals surface area (Å²) in [5.74, 6) is 0.646. The highest BCUT2D eigenvalue weighted by Crippen LogP contribution is 2.29. The van der Waals surface area contributed by atoms with Gasteiger partial charge < -0.3 is 20.1 Å². The second-order valence-corrected chi connectivity index (χ2v) is 5.63. The van der Waals surface area contributed by atoms with Gasteiger partial charge in [-0.05, 0) is 37.5 Å². The first-order valence-corrected chi connectivity index (χ1v) is 8.72. The number of unbranched alkanes of at least 4 members (excludes halogenated alkanes) is 1. The first-order valence-electron chi connectivity index (χ1n) is 8.72. The first kappa shape index (κ1) is 22.2. The summed E-state index contributed by atoms with van der Waals surface area (Å²) in [6.07, 6.45) is -2.46. The van der Waals surface area contributed by atoms with Gasteiger partial charge in [-0.2, -0.15) is 13.2 Å². The topological polar surface area (TPSA) is 54.9 Å². The van der Waals surface area contributed by atoms with E-state index in [0.717, 1.165) is 37.1 Å². The lowest BCUT2D eigenvalue weighted by Gasteiger charge is -2.11. The molecule has 0 spiro atoms. The Balaban J connectivity index is 2.36. The maximum atomic E-state index is 12.6. The van der Waals surface area contributed by atoms with Gasteiger partial charge in [-0.25, -0.2) is 4.99 Å². The number of hydrogen-bond donors (Lipinski definition) is 2. The molecule has 1 aromatic rings. The summed E-state index contributed by atoms with van der Waals surface area (Å²) in [5, 5.41) is 6.33. The number of rotatable bonds is 11. The Morgan fingerprint density at radius 1 is 1.04 bits per heavy atom. The zero-order valence-corrected chi connectivity index (χ0v) is 15.4. The van der Waals surface area contributed by atoms with E-state index in [-0.39, 0.29) is 0 Å². The summed E-state index contributed by atoms with van der Waals surface area (Å²) in [4.78, 5) is 4.40. The summed E-state index contributed by atoms with van der Waals surface area (Å²) in [5.41, 5.74) is 0.0738. The van der Waals surface area contributed by atoms with Crippen LogP contribution in [0.2, 0.25) is 0 Å². The molecule has 5 nitrogen and oxygen atoms in total. The summed E-state index contributed by atoms with van der Waals surface area (Å²) in [6.45, 7) is 5.60. The summed E-state index contributed by atoms with van der Waals surface area (Å²) in [6, 6.07) is 5.06. The number of nitrogens with one attached hydrogen (secondary N) is 2. The molecule has 0 bridgehead atoms. The maximum absolute atomic E-state index is 12.6. The SMILES string of the molecule is CCNC(=NCc1ccc(C(F)(F)F)cc1)NCCCCOCCOC. The van der Waals surface area contributed by atoms with Crippen molar-refractivity contribution in [2.24, 2.45) is 4.99 Å². The number of hydrogen-bond acceptors (Lipinski definition) is 3. The largest absolute Gasteiger partial charge is 0.416 e. The van der Waals surface area contributed by atoms with Crippen molar-refractivity contribution >= 4 is 5.96 Å². The van der Waals surface area contributed by atoms with Gasteiger partial charge in [0.25, 0.3) is 0 Å². The molecule has 0 saturated carbocycles. The molecule has 148 valence electrons. The lowest BCUT2D eigenvalue weighted by Crippen LogP contribution is -2.37. The molecule has 26 heavy (non-hydrogen) atoms. The number of guanidine groups is 1. The smallest absolute Gasteiger partial charge is 0.382 e. The fraction of sp³-hybridized carbons (Fsp3) is 0.611. The van der Waals surface area contributed by atoms with Crippen LogP contribution in [0.1, 0.15) is 30.9 Å². The number of aliphatic imine (C=N–C) groups is 1. The van der Waals surface area contributed by atoms with Gasteiger partial charge in [0.15, 0.2) is 5.96 Å². The molecule has 0 atom stereocenters.